The zero-order valence-electron chi connectivity index (χ0n) is 21.0. The van der Waals surface area contributed by atoms with E-state index in [1.807, 2.05) is 33.8 Å². The molecule has 3 aliphatic rings. The fourth-order valence-electron chi connectivity index (χ4n) is 5.19. The molecule has 0 saturated heterocycles. The van der Waals surface area contributed by atoms with Crippen LogP contribution in [-0.4, -0.2) is 40.9 Å². The SMILES string of the molecule is CC1(C)C(C=C2C(=O)C(C[C@@H]3Nc4ccc(S(=O)(=O)O)cc4C3(C)C)=C2O)=Nc2ccc(SOOO)cc21. The molecule has 0 radical (unpaired) electrons. The molecule has 2 aromatic carbocycles. The Hall–Kier alpha value is -3.00. The number of Topliss-reactive ketones (excluding diaryl/α,β-unsaturated/α-hetero) is 1. The van der Waals surface area contributed by atoms with E-state index in [1.54, 1.807) is 24.3 Å². The Morgan fingerprint density at radius 2 is 1.87 bits per heavy atom. The number of aliphatic hydroxyl groups excluding tert-OH is 1. The molecule has 0 spiro atoms. The van der Waals surface area contributed by atoms with Crippen molar-refractivity contribution in [3.8, 4) is 0 Å². The third-order valence-electron chi connectivity index (χ3n) is 7.62. The number of benzene rings is 2. The molecule has 38 heavy (non-hydrogen) atoms. The summed E-state index contributed by atoms with van der Waals surface area (Å²) in [4.78, 5) is 18.3. The lowest BCUT2D eigenvalue weighted by Crippen LogP contribution is -2.37. The lowest BCUT2D eigenvalue weighted by molar-refractivity contribution is -0.432. The largest absolute Gasteiger partial charge is 0.507 e. The summed E-state index contributed by atoms with van der Waals surface area (Å²) in [6.45, 7) is 7.75. The molecular formula is C26H26N2O8S2. The zero-order valence-corrected chi connectivity index (χ0v) is 22.6. The molecule has 200 valence electrons. The summed E-state index contributed by atoms with van der Waals surface area (Å²) in [7, 11) is -4.35. The molecule has 5 rings (SSSR count). The van der Waals surface area contributed by atoms with E-state index in [1.165, 1.54) is 12.1 Å². The number of aliphatic imine (C=N–C) groups is 1. The number of aliphatic hydroxyl groups is 1. The Kier molecular flexibility index (Phi) is 6.33. The van der Waals surface area contributed by atoms with Crippen LogP contribution in [0.5, 0.6) is 0 Å². The first kappa shape index (κ1) is 26.6. The molecule has 12 heteroatoms. The molecule has 0 bridgehead atoms. The molecule has 1 aliphatic carbocycles. The number of allylic oxidation sites excluding steroid dienone is 2. The Bertz CT molecular complexity index is 1570. The monoisotopic (exact) mass is 558 g/mol. The van der Waals surface area contributed by atoms with Crippen molar-refractivity contribution in [1.82, 2.24) is 0 Å². The van der Waals surface area contributed by atoms with Gasteiger partial charge in [-0.25, -0.2) is 5.26 Å². The van der Waals surface area contributed by atoms with Crippen LogP contribution in [0, 0.1) is 0 Å². The van der Waals surface area contributed by atoms with Gasteiger partial charge >= 0.3 is 0 Å². The number of ketones is 1. The predicted octanol–water partition coefficient (Wildman–Crippen LogP) is 5.21. The fourth-order valence-corrected chi connectivity index (χ4v) is 6.09. The Morgan fingerprint density at radius 3 is 2.53 bits per heavy atom. The van der Waals surface area contributed by atoms with Gasteiger partial charge in [0.05, 0.1) is 33.9 Å². The maximum atomic E-state index is 13.1. The average molecular weight is 559 g/mol. The van der Waals surface area contributed by atoms with Gasteiger partial charge in [0.25, 0.3) is 10.1 Å². The van der Waals surface area contributed by atoms with Crippen molar-refractivity contribution in [3.63, 3.8) is 0 Å². The summed E-state index contributed by atoms with van der Waals surface area (Å²) in [6.07, 6.45) is 1.84. The summed E-state index contributed by atoms with van der Waals surface area (Å²) in [6, 6.07) is 9.48. The predicted molar refractivity (Wildman–Crippen MR) is 141 cm³/mol. The Balaban J connectivity index is 1.38. The number of carbonyl (C=O) groups is 1. The van der Waals surface area contributed by atoms with Crippen molar-refractivity contribution in [2.45, 2.75) is 60.8 Å². The summed E-state index contributed by atoms with van der Waals surface area (Å²) >= 11 is 0.843. The number of rotatable bonds is 7. The van der Waals surface area contributed by atoms with E-state index < -0.39 is 20.9 Å². The van der Waals surface area contributed by atoms with Crippen LogP contribution in [0.4, 0.5) is 11.4 Å². The van der Waals surface area contributed by atoms with E-state index >= 15 is 0 Å². The molecule has 4 N–H and O–H groups in total. The number of fused-ring (bicyclic) bond motifs is 2. The highest BCUT2D eigenvalue weighted by atomic mass is 32.2. The Labute approximate surface area is 223 Å². The first-order valence-corrected chi connectivity index (χ1v) is 13.9. The second kappa shape index (κ2) is 9.04. The molecule has 0 fully saturated rings. The van der Waals surface area contributed by atoms with E-state index in [0.717, 1.165) is 23.3 Å². The van der Waals surface area contributed by atoms with Crippen LogP contribution >= 0.6 is 12.0 Å². The molecule has 1 atom stereocenters. The molecule has 2 aliphatic heterocycles. The maximum Gasteiger partial charge on any atom is 0.294 e. The highest BCUT2D eigenvalue weighted by Crippen LogP contribution is 2.47. The molecule has 0 aromatic heterocycles. The molecule has 2 aromatic rings. The van der Waals surface area contributed by atoms with Gasteiger partial charge in [0.15, 0.2) is 5.78 Å². The number of carbonyl (C=O) groups excluding carboxylic acids is 1. The molecule has 0 unspecified atom stereocenters. The second-order valence-electron chi connectivity index (χ2n) is 10.5. The highest BCUT2D eigenvalue weighted by Gasteiger charge is 2.45. The van der Waals surface area contributed by atoms with Crippen molar-refractivity contribution in [2.24, 2.45) is 4.99 Å². The van der Waals surface area contributed by atoms with Gasteiger partial charge in [-0.05, 0) is 53.6 Å². The topological polar surface area (TPSA) is 155 Å². The van der Waals surface area contributed by atoms with E-state index in [-0.39, 0.29) is 34.5 Å². The normalized spacial score (nSPS) is 22.2. The van der Waals surface area contributed by atoms with Gasteiger partial charge in [0.1, 0.15) is 5.76 Å². The second-order valence-corrected chi connectivity index (χ2v) is 12.7. The van der Waals surface area contributed by atoms with Gasteiger partial charge < -0.3 is 10.4 Å². The highest BCUT2D eigenvalue weighted by molar-refractivity contribution is 7.94. The van der Waals surface area contributed by atoms with Crippen molar-refractivity contribution in [1.29, 1.82) is 0 Å². The number of anilines is 1. The minimum atomic E-state index is -4.35. The number of nitrogens with zero attached hydrogens (tertiary/aromatic N) is 1. The molecular weight excluding hydrogens is 532 g/mol. The van der Waals surface area contributed by atoms with E-state index in [4.69, 9.17) is 5.26 Å². The zero-order chi connectivity index (χ0) is 27.6. The average Bonchev–Trinajstić information content (AvgIpc) is 3.26. The number of hydrogen-bond donors (Lipinski definition) is 4. The molecule has 0 amide bonds. The number of nitrogens with one attached hydrogen (secondary N) is 1. The quantitative estimate of drug-likeness (QED) is 0.117. The van der Waals surface area contributed by atoms with Gasteiger partial charge in [-0.3, -0.25) is 14.3 Å². The van der Waals surface area contributed by atoms with Crippen molar-refractivity contribution >= 4 is 45.0 Å². The molecule has 2 heterocycles. The third-order valence-corrected chi connectivity index (χ3v) is 9.04. The fraction of sp³-hybridized carbons (Fsp3) is 0.308. The summed E-state index contributed by atoms with van der Waals surface area (Å²) in [5.74, 6) is -0.352. The smallest absolute Gasteiger partial charge is 0.294 e. The Morgan fingerprint density at radius 1 is 1.13 bits per heavy atom. The summed E-state index contributed by atoms with van der Waals surface area (Å²) < 4.78 is 37.2. The standard InChI is InChI=1S/C26H26N2O8S2/c1-25(2)17-9-13(37-36-35-31)5-7-19(17)27-21(25)11-15-23(29)16(24(15)30)12-22-26(3,4)18-10-14(38(32,33)34)6-8-20(18)28-22/h5-11,22,28-29,31H,12H2,1-4H3,(H,32,33,34)/t22-/m0/s1. The van der Waals surface area contributed by atoms with E-state index in [2.05, 4.69) is 19.7 Å². The number of hydrogen-bond acceptors (Lipinski definition) is 10. The minimum absolute atomic E-state index is 0.0821. The molecule has 0 saturated carbocycles. The minimum Gasteiger partial charge on any atom is -0.507 e. The van der Waals surface area contributed by atoms with Crippen molar-refractivity contribution in [3.05, 3.63) is 70.5 Å². The molecule has 10 nitrogen and oxygen atoms in total. The van der Waals surface area contributed by atoms with Crippen molar-refractivity contribution < 1.29 is 37.5 Å². The van der Waals surface area contributed by atoms with Crippen LogP contribution in [0.1, 0.15) is 45.2 Å². The maximum absolute atomic E-state index is 13.1. The summed E-state index contributed by atoms with van der Waals surface area (Å²) in [5.41, 5.74) is 2.99. The first-order chi connectivity index (χ1) is 17.7. The lowest BCUT2D eigenvalue weighted by atomic mass is 9.74. The first-order valence-electron chi connectivity index (χ1n) is 11.7. The van der Waals surface area contributed by atoms with Gasteiger partial charge in [-0.15, -0.1) is 4.33 Å². The van der Waals surface area contributed by atoms with Crippen molar-refractivity contribution in [2.75, 3.05) is 5.32 Å². The van der Waals surface area contributed by atoms with Gasteiger partial charge in [-0.2, -0.15) is 8.42 Å². The van der Waals surface area contributed by atoms with Crippen LogP contribution < -0.4 is 5.32 Å². The van der Waals surface area contributed by atoms with Gasteiger partial charge in [0.2, 0.25) is 0 Å². The van der Waals surface area contributed by atoms with Gasteiger partial charge in [-0.1, -0.05) is 32.7 Å². The van der Waals surface area contributed by atoms with Crippen LogP contribution in [0.15, 0.2) is 74.2 Å². The van der Waals surface area contributed by atoms with Crippen LogP contribution in [0.2, 0.25) is 0 Å². The van der Waals surface area contributed by atoms with E-state index in [0.29, 0.717) is 27.4 Å². The van der Waals surface area contributed by atoms with Gasteiger partial charge in [0, 0.05) is 39.4 Å². The van der Waals surface area contributed by atoms with Crippen LogP contribution in [0.25, 0.3) is 0 Å². The third kappa shape index (κ3) is 4.27. The van der Waals surface area contributed by atoms with E-state index in [9.17, 15) is 22.9 Å². The lowest BCUT2D eigenvalue weighted by Gasteiger charge is -2.31. The van der Waals surface area contributed by atoms with Crippen LogP contribution in [-0.2, 0) is 35.1 Å². The van der Waals surface area contributed by atoms with Crippen LogP contribution in [0.3, 0.4) is 0 Å². The summed E-state index contributed by atoms with van der Waals surface area (Å²) in [5, 5.41) is 26.3.